The van der Waals surface area contributed by atoms with Crippen LogP contribution in [-0.2, 0) is 9.53 Å². The first-order chi connectivity index (χ1) is 10.2. The van der Waals surface area contributed by atoms with E-state index in [0.717, 1.165) is 25.7 Å². The highest BCUT2D eigenvalue weighted by Gasteiger charge is 2.27. The molecule has 0 aromatic carbocycles. The van der Waals surface area contributed by atoms with Crippen LogP contribution in [0.15, 0.2) is 0 Å². The van der Waals surface area contributed by atoms with E-state index in [1.165, 1.54) is 38.5 Å². The highest BCUT2D eigenvalue weighted by molar-refractivity contribution is 5.72. The minimum Gasteiger partial charge on any atom is -0.466 e. The molecule has 1 aliphatic carbocycles. The van der Waals surface area contributed by atoms with Gasteiger partial charge < -0.3 is 10.1 Å². The standard InChI is InChI=1S/C18H35NO2/c1-4-6-7-8-9-10-15(3)19-17-13-11-16(12-14-17)18(20)21-5-2/h15-17,19H,4-14H2,1-3H3. The van der Waals surface area contributed by atoms with Crippen LogP contribution in [0.1, 0.15) is 85.0 Å². The summed E-state index contributed by atoms with van der Waals surface area (Å²) in [6.45, 7) is 6.95. The lowest BCUT2D eigenvalue weighted by Crippen LogP contribution is -2.40. The van der Waals surface area contributed by atoms with Gasteiger partial charge in [-0.2, -0.15) is 0 Å². The minimum atomic E-state index is 0.0138. The summed E-state index contributed by atoms with van der Waals surface area (Å²) < 4.78 is 5.12. The van der Waals surface area contributed by atoms with Gasteiger partial charge >= 0.3 is 5.97 Å². The van der Waals surface area contributed by atoms with Crippen molar-refractivity contribution in [3.63, 3.8) is 0 Å². The van der Waals surface area contributed by atoms with Crippen molar-refractivity contribution in [2.24, 2.45) is 5.92 Å². The molecular formula is C18H35NO2. The molecular weight excluding hydrogens is 262 g/mol. The summed E-state index contributed by atoms with van der Waals surface area (Å²) in [4.78, 5) is 11.7. The van der Waals surface area contributed by atoms with E-state index in [2.05, 4.69) is 19.2 Å². The number of esters is 1. The number of ether oxygens (including phenoxy) is 1. The number of carbonyl (C=O) groups is 1. The van der Waals surface area contributed by atoms with Crippen LogP contribution in [0.2, 0.25) is 0 Å². The smallest absolute Gasteiger partial charge is 0.308 e. The van der Waals surface area contributed by atoms with E-state index in [-0.39, 0.29) is 11.9 Å². The van der Waals surface area contributed by atoms with Crippen molar-refractivity contribution in [2.75, 3.05) is 6.61 Å². The first-order valence-electron chi connectivity index (χ1n) is 9.10. The van der Waals surface area contributed by atoms with E-state index in [0.29, 0.717) is 18.7 Å². The lowest BCUT2D eigenvalue weighted by Gasteiger charge is -2.30. The van der Waals surface area contributed by atoms with Crippen LogP contribution < -0.4 is 5.32 Å². The van der Waals surface area contributed by atoms with Gasteiger partial charge in [-0.1, -0.05) is 39.0 Å². The Hall–Kier alpha value is -0.570. The molecule has 0 bridgehead atoms. The zero-order valence-electron chi connectivity index (χ0n) is 14.3. The molecule has 0 heterocycles. The first-order valence-corrected chi connectivity index (χ1v) is 9.10. The predicted octanol–water partition coefficient (Wildman–Crippen LogP) is 4.45. The van der Waals surface area contributed by atoms with Gasteiger partial charge in [0.1, 0.15) is 0 Å². The molecule has 1 atom stereocenters. The van der Waals surface area contributed by atoms with Crippen molar-refractivity contribution in [3.8, 4) is 0 Å². The predicted molar refractivity (Wildman–Crippen MR) is 88.4 cm³/mol. The lowest BCUT2D eigenvalue weighted by molar-refractivity contribution is -0.149. The summed E-state index contributed by atoms with van der Waals surface area (Å²) in [6, 6.07) is 1.21. The van der Waals surface area contributed by atoms with E-state index in [9.17, 15) is 4.79 Å². The van der Waals surface area contributed by atoms with E-state index < -0.39 is 0 Å². The Morgan fingerprint density at radius 1 is 1.10 bits per heavy atom. The van der Waals surface area contributed by atoms with Gasteiger partial charge in [-0.05, 0) is 46.0 Å². The number of hydrogen-bond acceptors (Lipinski definition) is 3. The van der Waals surface area contributed by atoms with Gasteiger partial charge in [0.25, 0.3) is 0 Å². The molecule has 0 aliphatic heterocycles. The maximum Gasteiger partial charge on any atom is 0.308 e. The van der Waals surface area contributed by atoms with Crippen LogP contribution in [0.25, 0.3) is 0 Å². The molecule has 1 N–H and O–H groups in total. The minimum absolute atomic E-state index is 0.0138. The molecule has 0 aromatic heterocycles. The Labute approximate surface area is 131 Å². The monoisotopic (exact) mass is 297 g/mol. The van der Waals surface area contributed by atoms with Crippen molar-refractivity contribution in [1.82, 2.24) is 5.32 Å². The molecule has 1 saturated carbocycles. The van der Waals surface area contributed by atoms with Gasteiger partial charge in [0.15, 0.2) is 0 Å². The third kappa shape index (κ3) is 7.85. The summed E-state index contributed by atoms with van der Waals surface area (Å²) in [6.07, 6.45) is 12.3. The molecule has 3 nitrogen and oxygen atoms in total. The van der Waals surface area contributed by atoms with Crippen molar-refractivity contribution >= 4 is 5.97 Å². The second-order valence-electron chi connectivity index (χ2n) is 6.57. The van der Waals surface area contributed by atoms with Gasteiger partial charge in [0, 0.05) is 12.1 Å². The molecule has 0 spiro atoms. The molecule has 1 fully saturated rings. The fraction of sp³-hybridized carbons (Fsp3) is 0.944. The second kappa shape index (κ2) is 11.1. The van der Waals surface area contributed by atoms with Gasteiger partial charge in [0.05, 0.1) is 12.5 Å². The van der Waals surface area contributed by atoms with E-state index in [1.54, 1.807) is 0 Å². The summed E-state index contributed by atoms with van der Waals surface area (Å²) in [7, 11) is 0. The molecule has 1 aliphatic rings. The molecule has 1 rings (SSSR count). The molecule has 0 amide bonds. The normalized spacial score (nSPS) is 23.8. The number of rotatable bonds is 10. The fourth-order valence-corrected chi connectivity index (χ4v) is 3.30. The van der Waals surface area contributed by atoms with Crippen LogP contribution in [-0.4, -0.2) is 24.7 Å². The molecule has 0 saturated heterocycles. The summed E-state index contributed by atoms with van der Waals surface area (Å²) in [5.41, 5.74) is 0. The zero-order valence-corrected chi connectivity index (χ0v) is 14.3. The first kappa shape index (κ1) is 18.5. The number of nitrogens with one attached hydrogen (secondary N) is 1. The number of hydrogen-bond donors (Lipinski definition) is 1. The number of carbonyl (C=O) groups excluding carboxylic acids is 1. The molecule has 21 heavy (non-hydrogen) atoms. The van der Waals surface area contributed by atoms with Gasteiger partial charge in [-0.15, -0.1) is 0 Å². The van der Waals surface area contributed by atoms with Gasteiger partial charge in [0.2, 0.25) is 0 Å². The highest BCUT2D eigenvalue weighted by Crippen LogP contribution is 2.26. The topological polar surface area (TPSA) is 38.3 Å². The second-order valence-corrected chi connectivity index (χ2v) is 6.57. The maximum absolute atomic E-state index is 11.7. The molecule has 0 aromatic rings. The van der Waals surface area contributed by atoms with Crippen LogP contribution in [0.5, 0.6) is 0 Å². The van der Waals surface area contributed by atoms with Crippen molar-refractivity contribution in [3.05, 3.63) is 0 Å². The van der Waals surface area contributed by atoms with Gasteiger partial charge in [-0.3, -0.25) is 4.79 Å². The average Bonchev–Trinajstić information content (AvgIpc) is 2.48. The highest BCUT2D eigenvalue weighted by atomic mass is 16.5. The number of unbranched alkanes of at least 4 members (excludes halogenated alkanes) is 4. The Morgan fingerprint density at radius 3 is 2.38 bits per heavy atom. The van der Waals surface area contributed by atoms with Crippen LogP contribution in [0, 0.1) is 5.92 Å². The van der Waals surface area contributed by atoms with E-state index in [1.807, 2.05) is 6.92 Å². The quantitative estimate of drug-likeness (QED) is 0.478. The summed E-state index contributed by atoms with van der Waals surface area (Å²) in [5.74, 6) is 0.160. The summed E-state index contributed by atoms with van der Waals surface area (Å²) in [5, 5.41) is 3.75. The van der Waals surface area contributed by atoms with E-state index >= 15 is 0 Å². The summed E-state index contributed by atoms with van der Waals surface area (Å²) >= 11 is 0. The van der Waals surface area contributed by atoms with Crippen LogP contribution in [0.4, 0.5) is 0 Å². The van der Waals surface area contributed by atoms with Gasteiger partial charge in [-0.25, -0.2) is 0 Å². The lowest BCUT2D eigenvalue weighted by atomic mass is 9.85. The van der Waals surface area contributed by atoms with Crippen molar-refractivity contribution in [2.45, 2.75) is 97.1 Å². The Bertz CT molecular complexity index is 272. The molecule has 124 valence electrons. The van der Waals surface area contributed by atoms with Crippen LogP contribution >= 0.6 is 0 Å². The fourth-order valence-electron chi connectivity index (χ4n) is 3.30. The van der Waals surface area contributed by atoms with Crippen LogP contribution in [0.3, 0.4) is 0 Å². The third-order valence-electron chi connectivity index (χ3n) is 4.61. The SMILES string of the molecule is CCCCCCCC(C)NC1CCC(C(=O)OCC)CC1. The van der Waals surface area contributed by atoms with Crippen molar-refractivity contribution in [1.29, 1.82) is 0 Å². The average molecular weight is 297 g/mol. The maximum atomic E-state index is 11.7. The third-order valence-corrected chi connectivity index (χ3v) is 4.61. The largest absolute Gasteiger partial charge is 0.466 e. The Kier molecular flexibility index (Phi) is 9.73. The molecule has 0 radical (unpaired) electrons. The molecule has 3 heteroatoms. The van der Waals surface area contributed by atoms with E-state index in [4.69, 9.17) is 4.74 Å². The molecule has 1 unspecified atom stereocenters. The zero-order chi connectivity index (χ0) is 15.5. The Balaban J connectivity index is 2.10. The van der Waals surface area contributed by atoms with Crippen molar-refractivity contribution < 1.29 is 9.53 Å². The Morgan fingerprint density at radius 2 is 1.76 bits per heavy atom.